The van der Waals surface area contributed by atoms with Crippen molar-refractivity contribution < 1.29 is 76.5 Å². The summed E-state index contributed by atoms with van der Waals surface area (Å²) < 4.78 is 60.0. The molecule has 0 saturated carbocycles. The molecule has 2 aromatic carbocycles. The van der Waals surface area contributed by atoms with Gasteiger partial charge in [0.15, 0.2) is 29.9 Å². The van der Waals surface area contributed by atoms with E-state index < -0.39 is 100 Å². The maximum Gasteiger partial charge on any atom is 0.472 e. The zero-order chi connectivity index (χ0) is 45.2. The van der Waals surface area contributed by atoms with Crippen molar-refractivity contribution in [1.82, 2.24) is 29.7 Å². The van der Waals surface area contributed by atoms with Crippen LogP contribution in [0, 0.1) is 10.1 Å². The van der Waals surface area contributed by atoms with Crippen molar-refractivity contribution in [3.8, 4) is 5.75 Å². The molecule has 3 aliphatic rings. The molecule has 2 saturated heterocycles. The summed E-state index contributed by atoms with van der Waals surface area (Å²) in [6.45, 7) is -0.991. The van der Waals surface area contributed by atoms with Crippen LogP contribution in [0.25, 0.3) is 11.2 Å². The maximum absolute atomic E-state index is 13.4. The third-order valence-electron chi connectivity index (χ3n) is 9.99. The van der Waals surface area contributed by atoms with Crippen LogP contribution in [-0.4, -0.2) is 128 Å². The van der Waals surface area contributed by atoms with Crippen LogP contribution in [0.15, 0.2) is 73.5 Å². The van der Waals surface area contributed by atoms with Crippen LogP contribution in [0.3, 0.4) is 0 Å². The lowest BCUT2D eigenvalue weighted by Gasteiger charge is -2.30. The number of nitro groups is 1. The first-order valence-corrected chi connectivity index (χ1v) is 22.1. The van der Waals surface area contributed by atoms with Crippen molar-refractivity contribution in [2.45, 2.75) is 74.7 Å². The van der Waals surface area contributed by atoms with E-state index >= 15 is 0 Å². The lowest BCUT2D eigenvalue weighted by Crippen LogP contribution is -2.52. The van der Waals surface area contributed by atoms with Gasteiger partial charge in [-0.05, 0) is 29.8 Å². The predicted molar refractivity (Wildman–Crippen MR) is 211 cm³/mol. The molecule has 2 fully saturated rings. The lowest BCUT2D eigenvalue weighted by atomic mass is 10.1. The summed E-state index contributed by atoms with van der Waals surface area (Å²) in [6.07, 6.45) is -9.80. The highest BCUT2D eigenvalue weighted by Gasteiger charge is 2.51. The van der Waals surface area contributed by atoms with Crippen LogP contribution in [0.1, 0.15) is 23.8 Å². The molecule has 0 aliphatic carbocycles. The molecule has 10 N–H and O–H groups in total. The summed E-state index contributed by atoms with van der Waals surface area (Å²) in [4.78, 5) is 80.1. The monoisotopic (exact) mass is 921 g/mol. The molecule has 2 unspecified atom stereocenters. The second-order valence-corrected chi connectivity index (χ2v) is 17.5. The predicted octanol–water partition coefficient (Wildman–Crippen LogP) is 0.288. The second kappa shape index (κ2) is 18.7. The number of esters is 1. The molecule has 26 nitrogen and oxygen atoms in total. The molecule has 2 amide bonds. The van der Waals surface area contributed by atoms with Gasteiger partial charge in [0.2, 0.25) is 0 Å². The van der Waals surface area contributed by atoms with E-state index in [9.17, 15) is 53.7 Å². The van der Waals surface area contributed by atoms with Gasteiger partial charge >= 0.3 is 27.4 Å². The number of aliphatic hydroxyl groups is 2. The molecule has 338 valence electrons. The summed E-state index contributed by atoms with van der Waals surface area (Å²) in [5.41, 5.74) is 12.5. The third-order valence-corrected chi connectivity index (χ3v) is 11.8. The number of ether oxygens (including phenoxy) is 4. The highest BCUT2D eigenvalue weighted by Crippen LogP contribution is 2.50. The maximum atomic E-state index is 13.4. The highest BCUT2D eigenvalue weighted by atomic mass is 31.2. The molecule has 0 bridgehead atoms. The summed E-state index contributed by atoms with van der Waals surface area (Å²) in [7, 11) is -9.99. The normalized spacial score (nSPS) is 26.3. The molecule has 5 heterocycles. The number of rotatable bonds is 17. The molecule has 3 aliphatic heterocycles. The molecular formula is C35H41N9O17P2. The number of carbonyl (C=O) groups is 2. The number of benzene rings is 2. The number of nitro benzene ring substituents is 1. The number of nitrogen functional groups attached to an aromatic ring is 1. The summed E-state index contributed by atoms with van der Waals surface area (Å²) in [6, 6.07) is 11.6. The van der Waals surface area contributed by atoms with E-state index in [1.807, 2.05) is 0 Å². The van der Waals surface area contributed by atoms with Crippen molar-refractivity contribution in [3.05, 3.63) is 94.7 Å². The van der Waals surface area contributed by atoms with Gasteiger partial charge in [0, 0.05) is 25.1 Å². The number of urea groups is 1. The number of nitrogens with zero attached hydrogens (tertiary/aromatic N) is 6. The van der Waals surface area contributed by atoms with E-state index in [2.05, 4.69) is 20.3 Å². The number of hydrogen-bond acceptors (Lipinski definition) is 19. The zero-order valence-electron chi connectivity index (χ0n) is 32.5. The Hall–Kier alpha value is -5.47. The topological polar surface area (TPSA) is 379 Å². The number of nitrogens with one attached hydrogen (secondary N) is 1. The van der Waals surface area contributed by atoms with Crippen LogP contribution in [0.4, 0.5) is 16.3 Å². The Balaban J connectivity index is 1.02. The van der Waals surface area contributed by atoms with E-state index in [0.29, 0.717) is 16.9 Å². The first-order chi connectivity index (χ1) is 29.9. The van der Waals surface area contributed by atoms with Crippen LogP contribution in [-0.2, 0) is 50.2 Å². The Morgan fingerprint density at radius 2 is 1.83 bits per heavy atom. The number of fused-ring (bicyclic) bond motifs is 1. The summed E-state index contributed by atoms with van der Waals surface area (Å²) >= 11 is 0. The molecule has 0 radical (unpaired) electrons. The van der Waals surface area contributed by atoms with E-state index in [-0.39, 0.29) is 42.1 Å². The van der Waals surface area contributed by atoms with Gasteiger partial charge in [-0.3, -0.25) is 33.2 Å². The minimum absolute atomic E-state index is 0.0204. The largest absolute Gasteiger partial charge is 0.489 e. The number of phosphoric acid groups is 1. The van der Waals surface area contributed by atoms with E-state index in [1.165, 1.54) is 47.4 Å². The summed E-state index contributed by atoms with van der Waals surface area (Å²) in [5.74, 6) is -0.873. The fraction of sp³-hybridized carbons (Fsp3) is 0.400. The number of anilines is 1. The van der Waals surface area contributed by atoms with Crippen LogP contribution in [0.2, 0.25) is 0 Å². The second-order valence-electron chi connectivity index (χ2n) is 14.4. The van der Waals surface area contributed by atoms with E-state index in [1.54, 1.807) is 24.3 Å². The quantitative estimate of drug-likeness (QED) is 0.0305. The smallest absolute Gasteiger partial charge is 0.472 e. The van der Waals surface area contributed by atoms with Crippen molar-refractivity contribution in [2.75, 3.05) is 18.5 Å². The van der Waals surface area contributed by atoms with Gasteiger partial charge in [0.1, 0.15) is 48.7 Å². The molecule has 7 rings (SSSR count). The molecule has 0 spiro atoms. The van der Waals surface area contributed by atoms with Gasteiger partial charge < -0.3 is 60.6 Å². The molecule has 28 heteroatoms. The number of nitrogens with two attached hydrogens (primary N) is 2. The SMILES string of the molecule is Nc1ncnc2c1ncn2[C@@H]1O[C@H](COP(=O)(O)O[C@H]2C[C@H](N3C=CC(N)NC3=O)O[C@@H]2CP(=O)(O)O)[C@@H](O)[C@H]1OC(=O)[C@@H](O)Cc1ccc(OCc2ccccc2[N+](=O)[O-])cc1. The number of amides is 2. The first-order valence-electron chi connectivity index (χ1n) is 18.8. The van der Waals surface area contributed by atoms with Crippen molar-refractivity contribution in [1.29, 1.82) is 0 Å². The number of hydrogen-bond donors (Lipinski definition) is 8. The molecule has 10 atom stereocenters. The van der Waals surface area contributed by atoms with E-state index in [4.69, 9.17) is 39.5 Å². The lowest BCUT2D eigenvalue weighted by molar-refractivity contribution is -0.385. The van der Waals surface area contributed by atoms with Crippen molar-refractivity contribution in [2.24, 2.45) is 5.73 Å². The van der Waals surface area contributed by atoms with Crippen molar-refractivity contribution in [3.63, 3.8) is 0 Å². The molecule has 4 aromatic rings. The zero-order valence-corrected chi connectivity index (χ0v) is 34.3. The fourth-order valence-electron chi connectivity index (χ4n) is 6.97. The Kier molecular flexibility index (Phi) is 13.5. The Morgan fingerprint density at radius 3 is 2.54 bits per heavy atom. The Labute approximate surface area is 355 Å². The van der Waals surface area contributed by atoms with Crippen LogP contribution < -0.4 is 21.5 Å². The van der Waals surface area contributed by atoms with Gasteiger partial charge in [0.25, 0.3) is 5.69 Å². The van der Waals surface area contributed by atoms with Gasteiger partial charge in [-0.25, -0.2) is 29.1 Å². The molecule has 63 heavy (non-hydrogen) atoms. The van der Waals surface area contributed by atoms with Gasteiger partial charge in [-0.15, -0.1) is 0 Å². The highest BCUT2D eigenvalue weighted by molar-refractivity contribution is 7.51. The first kappa shape index (κ1) is 45.6. The number of phosphoric ester groups is 1. The van der Waals surface area contributed by atoms with Crippen LogP contribution in [0.5, 0.6) is 5.75 Å². The Bertz CT molecular complexity index is 2460. The van der Waals surface area contributed by atoms with Crippen LogP contribution >= 0.6 is 15.4 Å². The summed E-state index contributed by atoms with van der Waals surface area (Å²) in [5, 5.41) is 36.1. The number of imidazole rings is 1. The van der Waals surface area contributed by atoms with Gasteiger partial charge in [0.05, 0.1) is 41.9 Å². The van der Waals surface area contributed by atoms with Gasteiger partial charge in [-0.1, -0.05) is 24.3 Å². The Morgan fingerprint density at radius 1 is 1.08 bits per heavy atom. The van der Waals surface area contributed by atoms with Crippen molar-refractivity contribution >= 4 is 50.1 Å². The number of aliphatic hydroxyl groups excluding tert-OH is 2. The standard InChI is InChI=1S/C35H41N9O17P2/c36-26-9-10-42(35(48)41-26)27-12-23(25(58-27)15-62(51,52)53)61-63(54,55)57-14-24-29(46)30(33(59-24)43-17-40-28-31(37)38-16-39-32(28)43)60-34(47)22(45)11-18-5-7-20(8-6-18)56-13-19-3-1-2-4-21(19)44(49)50/h1-10,16-17,22-27,29-30,33,45-46H,11-15,36H2,(H,41,48)(H,54,55)(H2,37,38,39)(H2,51,52,53)/t22-,23-,24+,25+,26?,27+,29+,30+,33+/m0/s1. The third kappa shape index (κ3) is 10.8. The number of aromatic nitrogens is 4. The molecular weight excluding hydrogens is 880 g/mol. The average molecular weight is 922 g/mol. The number of para-hydroxylation sites is 1. The number of carbonyl (C=O) groups excluding carboxylic acids is 2. The van der Waals surface area contributed by atoms with Gasteiger partial charge in [-0.2, -0.15) is 0 Å². The minimum Gasteiger partial charge on any atom is -0.489 e. The molecule has 2 aromatic heterocycles. The average Bonchev–Trinajstić information content (AvgIpc) is 3.91. The fourth-order valence-corrected chi connectivity index (χ4v) is 8.72. The van der Waals surface area contributed by atoms with E-state index in [0.717, 1.165) is 11.2 Å². The minimum atomic E-state index is -5.19.